The van der Waals surface area contributed by atoms with E-state index >= 15 is 0 Å². The van der Waals surface area contributed by atoms with Crippen LogP contribution in [0.4, 0.5) is 52.7 Å². The first-order valence-electron chi connectivity index (χ1n) is 12.1. The molecule has 0 aliphatic rings. The number of hydrogen-bond donors (Lipinski definition) is 0. The van der Waals surface area contributed by atoms with Gasteiger partial charge in [0.15, 0.2) is 0 Å². The van der Waals surface area contributed by atoms with Crippen LogP contribution in [0.15, 0.2) is 0 Å². The molecule has 0 saturated carbocycles. The van der Waals surface area contributed by atoms with Crippen molar-refractivity contribution in [1.82, 2.24) is 0 Å². The van der Waals surface area contributed by atoms with Gasteiger partial charge in [0.2, 0.25) is 12.2 Å². The van der Waals surface area contributed by atoms with Gasteiger partial charge in [0.25, 0.3) is 0 Å². The summed E-state index contributed by atoms with van der Waals surface area (Å²) in [6.07, 6.45) is -35.7. The molecule has 0 aromatic carbocycles. The molecule has 260 valence electrons. The van der Waals surface area contributed by atoms with Crippen molar-refractivity contribution in [2.45, 2.75) is 36.9 Å². The number of rotatable bonds is 24. The Morgan fingerprint density at radius 1 is 0.395 bits per heavy atom. The van der Waals surface area contributed by atoms with Crippen molar-refractivity contribution in [3.05, 3.63) is 0 Å². The summed E-state index contributed by atoms with van der Waals surface area (Å²) in [5.74, 6) is 0. The number of hydrogen-bond acceptors (Lipinski definition) is 10. The van der Waals surface area contributed by atoms with Crippen LogP contribution >= 0.6 is 0 Å². The standard InChI is InChI=1S/C20H32BF12O10/c1-34-3-5-36-7-9-38-11-13-40-21(42-15(17(22,23)24)18(25,26)27,43-16(19(28,29)30)20(31,32)33)41-14-12-39-10-8-37-6-4-35-2/h15-16H,3-14H2,1-2H3/q-1. The Kier molecular flexibility index (Phi) is 19.5. The summed E-state index contributed by atoms with van der Waals surface area (Å²) in [6.45, 7) is -9.90. The molecular weight excluding hydrogens is 639 g/mol. The molecule has 23 heteroatoms. The van der Waals surface area contributed by atoms with E-state index in [0.29, 0.717) is 0 Å². The summed E-state index contributed by atoms with van der Waals surface area (Å²) in [6, 6.07) is 0. The normalized spacial score (nSPS) is 14.0. The first kappa shape index (κ1) is 41.8. The van der Waals surface area contributed by atoms with Crippen molar-refractivity contribution in [3.63, 3.8) is 0 Å². The Hall–Kier alpha value is -1.18. The quantitative estimate of drug-likeness (QED) is 0.0857. The van der Waals surface area contributed by atoms with Crippen LogP contribution in [0, 0.1) is 0 Å². The summed E-state index contributed by atoms with van der Waals surface area (Å²) in [4.78, 5) is 0. The molecule has 10 nitrogen and oxygen atoms in total. The van der Waals surface area contributed by atoms with E-state index in [1.165, 1.54) is 14.2 Å². The van der Waals surface area contributed by atoms with Crippen LogP contribution in [0.3, 0.4) is 0 Å². The minimum absolute atomic E-state index is 0.103. The Morgan fingerprint density at radius 3 is 0.860 bits per heavy atom. The Bertz CT molecular complexity index is 624. The van der Waals surface area contributed by atoms with Crippen LogP contribution < -0.4 is 0 Å². The highest BCUT2D eigenvalue weighted by Crippen LogP contribution is 2.41. The lowest BCUT2D eigenvalue weighted by Gasteiger charge is -2.46. The van der Waals surface area contributed by atoms with Crippen molar-refractivity contribution < 1.29 is 99.7 Å². The van der Waals surface area contributed by atoms with Crippen molar-refractivity contribution >= 4 is 6.96 Å². The van der Waals surface area contributed by atoms with Crippen molar-refractivity contribution in [2.75, 3.05) is 93.5 Å². The summed E-state index contributed by atoms with van der Waals surface area (Å²) >= 11 is 0. The zero-order chi connectivity index (χ0) is 33.2. The molecule has 0 radical (unpaired) electrons. The van der Waals surface area contributed by atoms with Crippen LogP contribution in [0.25, 0.3) is 0 Å². The average Bonchev–Trinajstić information content (AvgIpc) is 2.85. The highest BCUT2D eigenvalue weighted by molar-refractivity contribution is 6.53. The molecule has 0 aliphatic carbocycles. The second-order valence-corrected chi connectivity index (χ2v) is 7.95. The van der Waals surface area contributed by atoms with Gasteiger partial charge in [0, 0.05) is 27.4 Å². The molecule has 0 saturated heterocycles. The predicted molar refractivity (Wildman–Crippen MR) is 119 cm³/mol. The van der Waals surface area contributed by atoms with Gasteiger partial charge >= 0.3 is 31.7 Å². The molecule has 0 atom stereocenters. The van der Waals surface area contributed by atoms with E-state index in [1.807, 2.05) is 0 Å². The Labute approximate surface area is 238 Å². The van der Waals surface area contributed by atoms with Gasteiger partial charge < -0.3 is 47.0 Å². The van der Waals surface area contributed by atoms with Crippen LogP contribution in [0.5, 0.6) is 0 Å². The van der Waals surface area contributed by atoms with Gasteiger partial charge in [-0.05, 0) is 0 Å². The molecule has 0 aromatic heterocycles. The third kappa shape index (κ3) is 19.1. The lowest BCUT2D eigenvalue weighted by Crippen LogP contribution is -2.62. The first-order valence-corrected chi connectivity index (χ1v) is 12.1. The number of methoxy groups -OCH3 is 2. The lowest BCUT2D eigenvalue weighted by molar-refractivity contribution is -0.336. The van der Waals surface area contributed by atoms with Crippen LogP contribution in [0.1, 0.15) is 0 Å². The van der Waals surface area contributed by atoms with Crippen LogP contribution in [-0.4, -0.2) is 137 Å². The van der Waals surface area contributed by atoms with E-state index in [9.17, 15) is 52.7 Å². The molecule has 0 fully saturated rings. The van der Waals surface area contributed by atoms with Gasteiger partial charge in [0.05, 0.1) is 66.1 Å². The van der Waals surface area contributed by atoms with Gasteiger partial charge in [-0.3, -0.25) is 0 Å². The largest absolute Gasteiger partial charge is 0.532 e. The highest BCUT2D eigenvalue weighted by Gasteiger charge is 2.63. The molecule has 0 unspecified atom stereocenters. The van der Waals surface area contributed by atoms with E-state index in [-0.39, 0.29) is 52.9 Å². The molecule has 43 heavy (non-hydrogen) atoms. The van der Waals surface area contributed by atoms with E-state index in [2.05, 4.69) is 18.6 Å². The molecule has 0 bridgehead atoms. The molecule has 0 aromatic rings. The van der Waals surface area contributed by atoms with Gasteiger partial charge in [-0.2, -0.15) is 52.7 Å². The van der Waals surface area contributed by atoms with E-state index < -0.39 is 70.3 Å². The van der Waals surface area contributed by atoms with Gasteiger partial charge in [-0.25, -0.2) is 0 Å². The third-order valence-corrected chi connectivity index (χ3v) is 4.50. The monoisotopic (exact) mass is 671 g/mol. The summed E-state index contributed by atoms with van der Waals surface area (Å²) in [7, 11) is 2.74. The maximum absolute atomic E-state index is 13.2. The second kappa shape index (κ2) is 20.1. The van der Waals surface area contributed by atoms with Crippen LogP contribution in [-0.2, 0) is 47.0 Å². The summed E-state index contributed by atoms with van der Waals surface area (Å²) < 4.78 is 204. The smallest absolute Gasteiger partial charge is 0.517 e. The number of alkyl halides is 12. The molecule has 0 aliphatic heterocycles. The Balaban J connectivity index is 5.96. The van der Waals surface area contributed by atoms with Gasteiger partial charge in [-0.1, -0.05) is 0 Å². The van der Waals surface area contributed by atoms with E-state index in [1.54, 1.807) is 0 Å². The topological polar surface area (TPSA) is 92.3 Å². The van der Waals surface area contributed by atoms with E-state index in [0.717, 1.165) is 0 Å². The van der Waals surface area contributed by atoms with Gasteiger partial charge in [0.1, 0.15) is 0 Å². The fourth-order valence-electron chi connectivity index (χ4n) is 2.68. The van der Waals surface area contributed by atoms with Gasteiger partial charge in [-0.15, -0.1) is 0 Å². The zero-order valence-electron chi connectivity index (χ0n) is 22.8. The van der Waals surface area contributed by atoms with Crippen molar-refractivity contribution in [1.29, 1.82) is 0 Å². The lowest BCUT2D eigenvalue weighted by atomic mass is 10.0. The number of halogens is 12. The van der Waals surface area contributed by atoms with Crippen LogP contribution in [0.2, 0.25) is 0 Å². The second-order valence-electron chi connectivity index (χ2n) is 7.95. The molecule has 0 N–H and O–H groups in total. The summed E-state index contributed by atoms with van der Waals surface area (Å²) in [5.41, 5.74) is 0. The number of ether oxygens (including phenoxy) is 6. The summed E-state index contributed by atoms with van der Waals surface area (Å²) in [5, 5.41) is 0. The SMILES string of the molecule is COCCOCCOCCO[B-](OCCOCCOCCOC)(OC(C(F)(F)F)C(F)(F)F)OC(C(F)(F)F)C(F)(F)F. The molecular formula is C20H32BF12O10-. The molecule has 0 amide bonds. The minimum Gasteiger partial charge on any atom is -0.517 e. The molecule has 0 heterocycles. The molecule has 0 rings (SSSR count). The third-order valence-electron chi connectivity index (χ3n) is 4.50. The highest BCUT2D eigenvalue weighted by atomic mass is 19.4. The fourth-order valence-corrected chi connectivity index (χ4v) is 2.68. The Morgan fingerprint density at radius 2 is 0.628 bits per heavy atom. The van der Waals surface area contributed by atoms with Crippen molar-refractivity contribution in [2.24, 2.45) is 0 Å². The minimum atomic E-state index is -6.42. The predicted octanol–water partition coefficient (Wildman–Crippen LogP) is 3.83. The fraction of sp³-hybridized carbons (Fsp3) is 1.00. The zero-order valence-corrected chi connectivity index (χ0v) is 22.8. The molecule has 0 spiro atoms. The first-order chi connectivity index (χ1) is 19.8. The van der Waals surface area contributed by atoms with Crippen molar-refractivity contribution in [3.8, 4) is 0 Å². The maximum atomic E-state index is 13.2. The average molecular weight is 671 g/mol. The van der Waals surface area contributed by atoms with E-state index in [4.69, 9.17) is 28.4 Å². The maximum Gasteiger partial charge on any atom is 0.532 e.